The number of fused-ring (bicyclic) bond motifs is 1. The predicted octanol–water partition coefficient (Wildman–Crippen LogP) is 5.01. The molecule has 0 aliphatic heterocycles. The normalized spacial score (nSPS) is 18.1. The first-order valence-electron chi connectivity index (χ1n) is 6.80. The van der Waals surface area contributed by atoms with Gasteiger partial charge in [-0.2, -0.15) is 13.2 Å². The van der Waals surface area contributed by atoms with Gasteiger partial charge in [-0.15, -0.1) is 11.3 Å². The van der Waals surface area contributed by atoms with Gasteiger partial charge in [-0.25, -0.2) is 9.97 Å². The zero-order chi connectivity index (χ0) is 15.9. The molecule has 1 atom stereocenters. The highest BCUT2D eigenvalue weighted by Crippen LogP contribution is 2.38. The van der Waals surface area contributed by atoms with Crippen molar-refractivity contribution < 1.29 is 13.2 Å². The summed E-state index contributed by atoms with van der Waals surface area (Å²) in [5.41, 5.74) is 0.170. The molecule has 0 amide bonds. The lowest BCUT2D eigenvalue weighted by Crippen LogP contribution is -2.18. The largest absolute Gasteiger partial charge is 0.420 e. The number of rotatable bonds is 2. The van der Waals surface area contributed by atoms with Crippen molar-refractivity contribution in [2.24, 2.45) is 0 Å². The van der Waals surface area contributed by atoms with E-state index in [0.29, 0.717) is 0 Å². The number of hydrogen-bond acceptors (Lipinski definition) is 4. The minimum Gasteiger partial charge on any atom is -0.347 e. The molecule has 0 aromatic carbocycles. The Hall–Kier alpha value is -1.34. The summed E-state index contributed by atoms with van der Waals surface area (Å²) >= 11 is 7.38. The highest BCUT2D eigenvalue weighted by Gasteiger charge is 2.35. The predicted molar refractivity (Wildman–Crippen MR) is 80.4 cm³/mol. The number of thiophene rings is 1. The maximum atomic E-state index is 12.7. The van der Waals surface area contributed by atoms with Crippen molar-refractivity contribution >= 4 is 28.9 Å². The van der Waals surface area contributed by atoms with Gasteiger partial charge in [0.2, 0.25) is 5.95 Å². The fraction of sp³-hybridized carbons (Fsp3) is 0.429. The molecule has 3 rings (SSSR count). The van der Waals surface area contributed by atoms with Crippen molar-refractivity contribution in [3.63, 3.8) is 0 Å². The van der Waals surface area contributed by atoms with Crippen molar-refractivity contribution in [2.45, 2.75) is 38.4 Å². The average molecular weight is 348 g/mol. The lowest BCUT2D eigenvalue weighted by atomic mass is 9.94. The molecule has 3 nitrogen and oxygen atoms in total. The molecule has 2 aromatic heterocycles. The maximum absolute atomic E-state index is 12.7. The van der Waals surface area contributed by atoms with Gasteiger partial charge in [0.25, 0.3) is 0 Å². The van der Waals surface area contributed by atoms with Crippen LogP contribution in [-0.2, 0) is 12.6 Å². The van der Waals surface area contributed by atoms with Crippen LogP contribution in [0, 0.1) is 6.92 Å². The van der Waals surface area contributed by atoms with Crippen molar-refractivity contribution in [2.75, 3.05) is 5.32 Å². The van der Waals surface area contributed by atoms with Gasteiger partial charge >= 0.3 is 6.18 Å². The third-order valence-electron chi connectivity index (χ3n) is 3.59. The minimum atomic E-state index is -4.54. The topological polar surface area (TPSA) is 37.8 Å². The molecule has 0 saturated carbocycles. The molecule has 1 aliphatic rings. The molecule has 2 heterocycles. The number of alkyl halides is 3. The third kappa shape index (κ3) is 3.05. The number of anilines is 1. The van der Waals surface area contributed by atoms with Crippen LogP contribution in [-0.4, -0.2) is 9.97 Å². The van der Waals surface area contributed by atoms with Crippen LogP contribution in [0.2, 0.25) is 5.15 Å². The molecular formula is C14H13ClF3N3S. The summed E-state index contributed by atoms with van der Waals surface area (Å²) in [6, 6.07) is 2.13. The van der Waals surface area contributed by atoms with E-state index in [9.17, 15) is 13.2 Å². The first-order valence-corrected chi connectivity index (χ1v) is 7.99. The van der Waals surface area contributed by atoms with Gasteiger partial charge in [0.1, 0.15) is 10.7 Å². The van der Waals surface area contributed by atoms with Gasteiger partial charge in [-0.3, -0.25) is 0 Å². The van der Waals surface area contributed by atoms with Crippen LogP contribution in [0.25, 0.3) is 0 Å². The van der Waals surface area contributed by atoms with Crippen molar-refractivity contribution in [1.29, 1.82) is 0 Å². The lowest BCUT2D eigenvalue weighted by Gasteiger charge is -2.23. The van der Waals surface area contributed by atoms with E-state index in [1.807, 2.05) is 6.92 Å². The van der Waals surface area contributed by atoms with Crippen LogP contribution in [0.15, 0.2) is 12.3 Å². The number of aryl methyl sites for hydroxylation is 2. The van der Waals surface area contributed by atoms with E-state index in [-0.39, 0.29) is 12.0 Å². The molecule has 8 heteroatoms. The molecule has 0 spiro atoms. The van der Waals surface area contributed by atoms with Gasteiger partial charge in [0.05, 0.1) is 6.04 Å². The second-order valence-corrected chi connectivity index (χ2v) is 6.92. The number of nitrogens with one attached hydrogen (secondary N) is 1. The van der Waals surface area contributed by atoms with Crippen LogP contribution in [0.5, 0.6) is 0 Å². The summed E-state index contributed by atoms with van der Waals surface area (Å²) in [5, 5.41) is 2.52. The monoisotopic (exact) mass is 347 g/mol. The standard InChI is InChI=1S/C14H13ClF3N3S/c1-7-5-8-10(3-2-4-11(8)22-7)20-13-19-6-9(12(15)21-13)14(16,17)18/h5-6,10H,2-4H2,1H3,(H,19,20,21)/t10-/m1/s1. The van der Waals surface area contributed by atoms with Gasteiger partial charge in [-0.1, -0.05) is 11.6 Å². The Morgan fingerprint density at radius 2 is 2.18 bits per heavy atom. The molecule has 0 bridgehead atoms. The van der Waals surface area contributed by atoms with Crippen LogP contribution < -0.4 is 5.32 Å². The number of nitrogens with zero attached hydrogens (tertiary/aromatic N) is 2. The van der Waals surface area contributed by atoms with Gasteiger partial charge in [0.15, 0.2) is 0 Å². The molecule has 1 N–H and O–H groups in total. The third-order valence-corrected chi connectivity index (χ3v) is 5.00. The first-order chi connectivity index (χ1) is 10.3. The first kappa shape index (κ1) is 15.6. The van der Waals surface area contributed by atoms with Crippen molar-refractivity contribution in [1.82, 2.24) is 9.97 Å². The Labute approximate surface area is 134 Å². The molecule has 22 heavy (non-hydrogen) atoms. The number of aromatic nitrogens is 2. The summed E-state index contributed by atoms with van der Waals surface area (Å²) in [4.78, 5) is 10.0. The maximum Gasteiger partial charge on any atom is 0.420 e. The highest BCUT2D eigenvalue weighted by atomic mass is 35.5. The fourth-order valence-corrected chi connectivity index (χ4v) is 4.00. The Kier molecular flexibility index (Phi) is 4.03. The lowest BCUT2D eigenvalue weighted by molar-refractivity contribution is -0.137. The smallest absolute Gasteiger partial charge is 0.347 e. The van der Waals surface area contributed by atoms with E-state index in [0.717, 1.165) is 25.5 Å². The quantitative estimate of drug-likeness (QED) is 0.776. The van der Waals surface area contributed by atoms with E-state index in [1.165, 1.54) is 15.3 Å². The van der Waals surface area contributed by atoms with Crippen molar-refractivity contribution in [3.8, 4) is 0 Å². The van der Waals surface area contributed by atoms with E-state index in [2.05, 4.69) is 21.4 Å². The van der Waals surface area contributed by atoms with Crippen LogP contribution in [0.3, 0.4) is 0 Å². The second kappa shape index (κ2) is 5.70. The summed E-state index contributed by atoms with van der Waals surface area (Å²) in [6.45, 7) is 2.05. The molecular weight excluding hydrogens is 335 g/mol. The number of halogens is 4. The fourth-order valence-electron chi connectivity index (χ4n) is 2.62. The Morgan fingerprint density at radius 3 is 2.86 bits per heavy atom. The molecule has 0 saturated heterocycles. The highest BCUT2D eigenvalue weighted by molar-refractivity contribution is 7.12. The van der Waals surface area contributed by atoms with E-state index < -0.39 is 16.9 Å². The van der Waals surface area contributed by atoms with Crippen LogP contribution >= 0.6 is 22.9 Å². The van der Waals surface area contributed by atoms with E-state index in [1.54, 1.807) is 11.3 Å². The Bertz CT molecular complexity index is 699. The molecule has 0 radical (unpaired) electrons. The zero-order valence-electron chi connectivity index (χ0n) is 11.7. The summed E-state index contributed by atoms with van der Waals surface area (Å²) < 4.78 is 38.0. The Balaban J connectivity index is 1.84. The minimum absolute atomic E-state index is 0.0153. The summed E-state index contributed by atoms with van der Waals surface area (Å²) in [7, 11) is 0. The van der Waals surface area contributed by atoms with Crippen molar-refractivity contribution in [3.05, 3.63) is 38.3 Å². The van der Waals surface area contributed by atoms with Crippen LogP contribution in [0.1, 0.15) is 39.8 Å². The molecule has 0 unspecified atom stereocenters. The SMILES string of the molecule is Cc1cc2c(s1)CCC[C@H]2Nc1ncc(C(F)(F)F)c(Cl)n1. The zero-order valence-corrected chi connectivity index (χ0v) is 13.2. The average Bonchev–Trinajstić information content (AvgIpc) is 2.79. The van der Waals surface area contributed by atoms with E-state index in [4.69, 9.17) is 11.6 Å². The Morgan fingerprint density at radius 1 is 1.41 bits per heavy atom. The summed E-state index contributed by atoms with van der Waals surface area (Å²) in [6.07, 6.45) is -0.858. The second-order valence-electron chi connectivity index (χ2n) is 5.22. The molecule has 0 fully saturated rings. The molecule has 2 aromatic rings. The van der Waals surface area contributed by atoms with Crippen LogP contribution in [0.4, 0.5) is 19.1 Å². The van der Waals surface area contributed by atoms with E-state index >= 15 is 0 Å². The molecule has 118 valence electrons. The van der Waals surface area contributed by atoms with Gasteiger partial charge < -0.3 is 5.32 Å². The molecule has 1 aliphatic carbocycles. The summed E-state index contributed by atoms with van der Waals surface area (Å²) in [5.74, 6) is 0.125. The number of hydrogen-bond donors (Lipinski definition) is 1. The van der Waals surface area contributed by atoms with Gasteiger partial charge in [0, 0.05) is 16.0 Å². The van der Waals surface area contributed by atoms with Gasteiger partial charge in [-0.05, 0) is 37.8 Å².